The quantitative estimate of drug-likeness (QED) is 0.152. The van der Waals surface area contributed by atoms with Crippen molar-refractivity contribution < 1.29 is 29.4 Å². The first kappa shape index (κ1) is 39.4. The molecule has 276 valence electrons. The highest BCUT2D eigenvalue weighted by Gasteiger charge is 2.35. The van der Waals surface area contributed by atoms with Crippen LogP contribution in [0.25, 0.3) is 0 Å². The van der Waals surface area contributed by atoms with Crippen LogP contribution in [0.5, 0.6) is 0 Å². The molecule has 1 saturated heterocycles. The molecule has 1 aromatic carbocycles. The molecule has 11 nitrogen and oxygen atoms in total. The third-order valence-electron chi connectivity index (χ3n) is 10.6. The van der Waals surface area contributed by atoms with Gasteiger partial charge in [0.2, 0.25) is 11.8 Å². The summed E-state index contributed by atoms with van der Waals surface area (Å²) in [5.74, 6) is -2.23. The number of hydrogen-bond donors (Lipinski definition) is 5. The summed E-state index contributed by atoms with van der Waals surface area (Å²) in [6.45, 7) is 6.48. The molecule has 1 saturated carbocycles. The average Bonchev–Trinajstić information content (AvgIpc) is 3.62. The number of aromatic nitrogens is 1. The minimum absolute atomic E-state index is 0.0750. The molecular weight excluding hydrogens is 655 g/mol. The lowest BCUT2D eigenvalue weighted by Crippen LogP contribution is -2.58. The first-order chi connectivity index (χ1) is 24.0. The summed E-state index contributed by atoms with van der Waals surface area (Å²) >= 11 is 1.19. The number of likely N-dealkylation sites (tertiary alicyclic amines) is 1. The fraction of sp³-hybridized carbons (Fsp3) is 0.658. The van der Waals surface area contributed by atoms with Crippen LogP contribution in [0.15, 0.2) is 35.7 Å². The Morgan fingerprint density at radius 3 is 2.32 bits per heavy atom. The predicted octanol–water partition coefficient (Wildman–Crippen LogP) is 5.10. The number of carboxylic acid groups (broad SMARTS) is 1. The lowest BCUT2D eigenvalue weighted by Gasteiger charge is -2.35. The van der Waals surface area contributed by atoms with Crippen LogP contribution in [0.1, 0.15) is 119 Å². The number of thiazole rings is 1. The van der Waals surface area contributed by atoms with E-state index < -0.39 is 36.0 Å². The van der Waals surface area contributed by atoms with Gasteiger partial charge in [-0.2, -0.15) is 0 Å². The van der Waals surface area contributed by atoms with Gasteiger partial charge < -0.3 is 26.2 Å². The van der Waals surface area contributed by atoms with Gasteiger partial charge in [-0.3, -0.25) is 24.1 Å². The Labute approximate surface area is 301 Å². The summed E-state index contributed by atoms with van der Waals surface area (Å²) in [4.78, 5) is 58.8. The molecular formula is C38H57N5O6S. The number of piperidine rings is 1. The van der Waals surface area contributed by atoms with Gasteiger partial charge in [-0.25, -0.2) is 4.98 Å². The number of aliphatic hydroxyl groups excluding tert-OH is 1. The van der Waals surface area contributed by atoms with E-state index in [0.29, 0.717) is 11.4 Å². The van der Waals surface area contributed by atoms with E-state index in [9.17, 15) is 29.4 Å². The lowest BCUT2D eigenvalue weighted by atomic mass is 9.81. The molecule has 2 aliphatic rings. The van der Waals surface area contributed by atoms with Crippen molar-refractivity contribution in [3.05, 3.63) is 52.0 Å². The average molecular weight is 712 g/mol. The van der Waals surface area contributed by atoms with E-state index >= 15 is 0 Å². The van der Waals surface area contributed by atoms with Crippen molar-refractivity contribution in [1.82, 2.24) is 25.8 Å². The Morgan fingerprint density at radius 2 is 1.66 bits per heavy atom. The second kappa shape index (κ2) is 19.3. The van der Waals surface area contributed by atoms with E-state index in [4.69, 9.17) is 0 Å². The Bertz CT molecular complexity index is 1400. The van der Waals surface area contributed by atoms with E-state index in [1.54, 1.807) is 12.3 Å². The number of benzene rings is 1. The molecule has 1 aromatic heterocycles. The van der Waals surface area contributed by atoms with Crippen molar-refractivity contribution in [2.45, 2.75) is 128 Å². The smallest absolute Gasteiger partial charge is 0.306 e. The van der Waals surface area contributed by atoms with Gasteiger partial charge >= 0.3 is 5.97 Å². The minimum atomic E-state index is -1.01. The van der Waals surface area contributed by atoms with E-state index in [-0.39, 0.29) is 54.3 Å². The highest BCUT2D eigenvalue weighted by atomic mass is 32.1. The first-order valence-electron chi connectivity index (χ1n) is 18.5. The number of carbonyl (C=O) groups excluding carboxylic acids is 3. The molecule has 1 aliphatic heterocycles. The van der Waals surface area contributed by atoms with Crippen molar-refractivity contribution >= 4 is 35.0 Å². The number of nitrogens with zero attached hydrogens (tertiary/aromatic N) is 2. The van der Waals surface area contributed by atoms with Gasteiger partial charge in [-0.1, -0.05) is 83.2 Å². The molecule has 0 radical (unpaired) electrons. The summed E-state index contributed by atoms with van der Waals surface area (Å²) in [7, 11) is 1.96. The number of carbonyl (C=O) groups is 4. The maximum Gasteiger partial charge on any atom is 0.306 e. The van der Waals surface area contributed by atoms with Crippen LogP contribution in [0, 0.1) is 17.8 Å². The van der Waals surface area contributed by atoms with Crippen molar-refractivity contribution in [3.8, 4) is 0 Å². The summed E-state index contributed by atoms with van der Waals surface area (Å²) in [6.07, 6.45) is 8.64. The third-order valence-corrected chi connectivity index (χ3v) is 11.6. The van der Waals surface area contributed by atoms with Crippen LogP contribution in [0.3, 0.4) is 0 Å². The second-order valence-corrected chi connectivity index (χ2v) is 15.4. The lowest BCUT2D eigenvalue weighted by molar-refractivity contribution is -0.141. The van der Waals surface area contributed by atoms with Gasteiger partial charge in [0.1, 0.15) is 22.8 Å². The normalized spacial score (nSPS) is 20.9. The topological polar surface area (TPSA) is 161 Å². The zero-order valence-corrected chi connectivity index (χ0v) is 30.9. The Hall–Kier alpha value is -3.35. The molecule has 2 aromatic rings. The SMILES string of the molecule is CC[C@H](C)[C@H](NC(=O)C1CCCCN1C)C(=O)N[C@H](C[C@@H](O)c1nc(C(=O)N[C@@H](Cc2ccccc2)C[C@H](C)C(=O)O)cs1)C1CCCCC1. The van der Waals surface area contributed by atoms with Gasteiger partial charge in [-0.15, -0.1) is 11.3 Å². The molecule has 1 unspecified atom stereocenters. The van der Waals surface area contributed by atoms with Crippen LogP contribution in [0.4, 0.5) is 0 Å². The molecule has 4 rings (SSSR count). The van der Waals surface area contributed by atoms with E-state index in [1.165, 1.54) is 11.3 Å². The first-order valence-corrected chi connectivity index (χ1v) is 19.4. The fourth-order valence-electron chi connectivity index (χ4n) is 7.30. The molecule has 0 spiro atoms. The predicted molar refractivity (Wildman–Crippen MR) is 195 cm³/mol. The molecule has 12 heteroatoms. The van der Waals surface area contributed by atoms with Crippen molar-refractivity contribution in [2.24, 2.45) is 17.8 Å². The molecule has 50 heavy (non-hydrogen) atoms. The second-order valence-electron chi connectivity index (χ2n) is 14.5. The number of likely N-dealkylation sites (N-methyl/N-ethyl adjacent to an activating group) is 1. The van der Waals surface area contributed by atoms with Crippen molar-refractivity contribution in [1.29, 1.82) is 0 Å². The van der Waals surface area contributed by atoms with Gasteiger partial charge in [0, 0.05) is 23.9 Å². The zero-order valence-electron chi connectivity index (χ0n) is 30.1. The zero-order chi connectivity index (χ0) is 36.2. The Kier molecular flexibility index (Phi) is 15.2. The Balaban J connectivity index is 1.45. The number of aliphatic carboxylic acids is 1. The minimum Gasteiger partial charge on any atom is -0.481 e. The number of carboxylic acids is 1. The molecule has 2 heterocycles. The van der Waals surface area contributed by atoms with Crippen LogP contribution >= 0.6 is 11.3 Å². The molecule has 0 bridgehead atoms. The summed E-state index contributed by atoms with van der Waals surface area (Å²) in [5, 5.41) is 32.3. The standard InChI is InChI=1S/C38H57N5O6S/c1-5-24(2)33(42-35(46)31-18-12-13-19-43(31)4)36(47)40-29(27-16-10-7-11-17-27)22-32(44)37-41-30(23-50-37)34(45)39-28(20-25(3)38(48)49)21-26-14-8-6-9-15-26/h6,8-9,14-15,23-25,27-29,31-33,44H,5,7,10-13,16-22H2,1-4H3,(H,39,45)(H,40,47)(H,42,46)(H,48,49)/t24-,25-,28+,29+,31?,32+,33-/m0/s1. The van der Waals surface area contributed by atoms with Crippen LogP contribution in [-0.4, -0.2) is 81.5 Å². The molecule has 5 N–H and O–H groups in total. The summed E-state index contributed by atoms with van der Waals surface area (Å²) < 4.78 is 0. The van der Waals surface area contributed by atoms with Crippen LogP contribution in [0.2, 0.25) is 0 Å². The van der Waals surface area contributed by atoms with E-state index in [0.717, 1.165) is 69.9 Å². The van der Waals surface area contributed by atoms with Gasteiger partial charge in [0.05, 0.1) is 12.0 Å². The molecule has 3 amide bonds. The van der Waals surface area contributed by atoms with Crippen molar-refractivity contribution in [2.75, 3.05) is 13.6 Å². The van der Waals surface area contributed by atoms with Crippen LogP contribution in [-0.2, 0) is 20.8 Å². The molecule has 1 aliphatic carbocycles. The van der Waals surface area contributed by atoms with Crippen molar-refractivity contribution in [3.63, 3.8) is 0 Å². The van der Waals surface area contributed by atoms with E-state index in [1.807, 2.05) is 51.2 Å². The number of amides is 3. The monoisotopic (exact) mass is 711 g/mol. The summed E-state index contributed by atoms with van der Waals surface area (Å²) in [5.41, 5.74) is 1.15. The number of aliphatic hydroxyl groups is 1. The Morgan fingerprint density at radius 1 is 0.960 bits per heavy atom. The molecule has 2 fully saturated rings. The van der Waals surface area contributed by atoms with Gasteiger partial charge in [0.25, 0.3) is 5.91 Å². The number of rotatable bonds is 17. The largest absolute Gasteiger partial charge is 0.481 e. The van der Waals surface area contributed by atoms with Gasteiger partial charge in [0.15, 0.2) is 0 Å². The third kappa shape index (κ3) is 11.3. The highest BCUT2D eigenvalue weighted by molar-refractivity contribution is 7.09. The maximum absolute atomic E-state index is 13.9. The van der Waals surface area contributed by atoms with Gasteiger partial charge in [-0.05, 0) is 69.5 Å². The molecule has 7 atom stereocenters. The van der Waals surface area contributed by atoms with Crippen LogP contribution < -0.4 is 16.0 Å². The number of hydrogen-bond acceptors (Lipinski definition) is 8. The highest BCUT2D eigenvalue weighted by Crippen LogP contribution is 2.32. The number of nitrogens with one attached hydrogen (secondary N) is 3. The maximum atomic E-state index is 13.9. The summed E-state index contributed by atoms with van der Waals surface area (Å²) in [6, 6.07) is 7.92. The fourth-order valence-corrected chi connectivity index (χ4v) is 8.10. The van der Waals surface area contributed by atoms with E-state index in [2.05, 4.69) is 25.8 Å².